The SMILES string of the molecule is Cc1nc2ccc(C(=O)O)cc2n1C1CCCCC1C. The first-order valence-corrected chi connectivity index (χ1v) is 7.30. The van der Waals surface area contributed by atoms with E-state index in [1.54, 1.807) is 12.1 Å². The first-order chi connectivity index (χ1) is 9.58. The van der Waals surface area contributed by atoms with E-state index in [0.717, 1.165) is 23.3 Å². The lowest BCUT2D eigenvalue weighted by Gasteiger charge is -2.31. The van der Waals surface area contributed by atoms with Gasteiger partial charge in [-0.25, -0.2) is 9.78 Å². The summed E-state index contributed by atoms with van der Waals surface area (Å²) in [6.45, 7) is 4.30. The van der Waals surface area contributed by atoms with Gasteiger partial charge in [0.25, 0.3) is 0 Å². The van der Waals surface area contributed by atoms with Crippen molar-refractivity contribution in [2.75, 3.05) is 0 Å². The molecule has 4 nitrogen and oxygen atoms in total. The van der Waals surface area contributed by atoms with Gasteiger partial charge in [0.15, 0.2) is 0 Å². The van der Waals surface area contributed by atoms with Gasteiger partial charge >= 0.3 is 5.97 Å². The lowest BCUT2D eigenvalue weighted by atomic mass is 9.85. The third-order valence-corrected chi connectivity index (χ3v) is 4.51. The Hall–Kier alpha value is -1.84. The highest BCUT2D eigenvalue weighted by molar-refractivity contribution is 5.92. The number of aromatic nitrogens is 2. The Bertz CT molecular complexity index is 660. The molecule has 2 unspecified atom stereocenters. The Labute approximate surface area is 118 Å². The number of aromatic carboxylic acids is 1. The second-order valence-electron chi connectivity index (χ2n) is 5.87. The molecule has 3 rings (SSSR count). The molecule has 0 saturated heterocycles. The van der Waals surface area contributed by atoms with E-state index in [0.29, 0.717) is 17.5 Å². The fourth-order valence-corrected chi connectivity index (χ4v) is 3.45. The Morgan fingerprint density at radius 2 is 2.10 bits per heavy atom. The Morgan fingerprint density at radius 3 is 2.80 bits per heavy atom. The lowest BCUT2D eigenvalue weighted by molar-refractivity contribution is 0.0697. The number of fused-ring (bicyclic) bond motifs is 1. The molecule has 1 aliphatic carbocycles. The molecule has 4 heteroatoms. The highest BCUT2D eigenvalue weighted by Gasteiger charge is 2.26. The minimum absolute atomic E-state index is 0.335. The lowest BCUT2D eigenvalue weighted by Crippen LogP contribution is -2.22. The number of carboxylic acids is 1. The second-order valence-corrected chi connectivity index (χ2v) is 5.87. The van der Waals surface area contributed by atoms with Crippen LogP contribution in [0.25, 0.3) is 11.0 Å². The molecule has 1 heterocycles. The van der Waals surface area contributed by atoms with Gasteiger partial charge in [0.2, 0.25) is 0 Å². The van der Waals surface area contributed by atoms with E-state index in [2.05, 4.69) is 16.5 Å². The summed E-state index contributed by atoms with van der Waals surface area (Å²) in [7, 11) is 0. The average Bonchev–Trinajstić information content (AvgIpc) is 2.74. The van der Waals surface area contributed by atoms with Crippen LogP contribution in [0.15, 0.2) is 18.2 Å². The number of hydrogen-bond donors (Lipinski definition) is 1. The zero-order valence-electron chi connectivity index (χ0n) is 12.0. The molecule has 1 N–H and O–H groups in total. The molecule has 2 atom stereocenters. The topological polar surface area (TPSA) is 55.1 Å². The van der Waals surface area contributed by atoms with Crippen LogP contribution in [-0.4, -0.2) is 20.6 Å². The van der Waals surface area contributed by atoms with Gasteiger partial charge in [-0.05, 0) is 43.9 Å². The van der Waals surface area contributed by atoms with Crippen molar-refractivity contribution in [2.24, 2.45) is 5.92 Å². The van der Waals surface area contributed by atoms with Gasteiger partial charge in [-0.3, -0.25) is 0 Å². The van der Waals surface area contributed by atoms with Gasteiger partial charge in [-0.1, -0.05) is 19.8 Å². The molecule has 0 amide bonds. The summed E-state index contributed by atoms with van der Waals surface area (Å²) >= 11 is 0. The first kappa shape index (κ1) is 13.2. The molecule has 20 heavy (non-hydrogen) atoms. The van der Waals surface area contributed by atoms with Crippen LogP contribution in [0.3, 0.4) is 0 Å². The van der Waals surface area contributed by atoms with Gasteiger partial charge < -0.3 is 9.67 Å². The molecule has 1 aliphatic rings. The number of carbonyl (C=O) groups is 1. The van der Waals surface area contributed by atoms with Crippen molar-refractivity contribution in [1.82, 2.24) is 9.55 Å². The Kier molecular flexibility index (Phi) is 3.24. The quantitative estimate of drug-likeness (QED) is 0.904. The van der Waals surface area contributed by atoms with E-state index < -0.39 is 5.97 Å². The fraction of sp³-hybridized carbons (Fsp3) is 0.500. The van der Waals surface area contributed by atoms with Crippen molar-refractivity contribution in [3.63, 3.8) is 0 Å². The molecular formula is C16H20N2O2. The third-order valence-electron chi connectivity index (χ3n) is 4.51. The van der Waals surface area contributed by atoms with Crippen molar-refractivity contribution in [3.05, 3.63) is 29.6 Å². The van der Waals surface area contributed by atoms with Crippen molar-refractivity contribution in [2.45, 2.75) is 45.6 Å². The standard InChI is InChI=1S/C16H20N2O2/c1-10-5-3-4-6-14(10)18-11(2)17-13-8-7-12(16(19)20)9-15(13)18/h7-10,14H,3-6H2,1-2H3,(H,19,20). The predicted octanol–water partition coefficient (Wildman–Crippen LogP) is 3.79. The predicted molar refractivity (Wildman–Crippen MR) is 78.1 cm³/mol. The Morgan fingerprint density at radius 1 is 1.35 bits per heavy atom. The summed E-state index contributed by atoms with van der Waals surface area (Å²) in [4.78, 5) is 15.8. The van der Waals surface area contributed by atoms with Crippen LogP contribution in [-0.2, 0) is 0 Å². The normalized spacial score (nSPS) is 23.1. The molecule has 0 radical (unpaired) electrons. The van der Waals surface area contributed by atoms with Gasteiger partial charge in [0.05, 0.1) is 16.6 Å². The summed E-state index contributed by atoms with van der Waals surface area (Å²) in [5.41, 5.74) is 2.19. The molecule has 1 fully saturated rings. The van der Waals surface area contributed by atoms with Crippen LogP contribution in [0.1, 0.15) is 54.8 Å². The van der Waals surface area contributed by atoms with Gasteiger partial charge in [0.1, 0.15) is 5.82 Å². The minimum atomic E-state index is -0.881. The zero-order chi connectivity index (χ0) is 14.3. The molecule has 0 spiro atoms. The van der Waals surface area contributed by atoms with Crippen molar-refractivity contribution in [3.8, 4) is 0 Å². The van der Waals surface area contributed by atoms with Crippen LogP contribution in [0, 0.1) is 12.8 Å². The molecule has 106 valence electrons. The summed E-state index contributed by atoms with van der Waals surface area (Å²) < 4.78 is 2.26. The Balaban J connectivity index is 2.15. The molecule has 0 aliphatic heterocycles. The number of rotatable bonds is 2. The number of hydrogen-bond acceptors (Lipinski definition) is 2. The highest BCUT2D eigenvalue weighted by Crippen LogP contribution is 2.36. The first-order valence-electron chi connectivity index (χ1n) is 7.30. The zero-order valence-corrected chi connectivity index (χ0v) is 12.0. The highest BCUT2D eigenvalue weighted by atomic mass is 16.4. The number of imidazole rings is 1. The number of nitrogens with zero attached hydrogens (tertiary/aromatic N) is 2. The van der Waals surface area contributed by atoms with Crippen LogP contribution in [0.2, 0.25) is 0 Å². The van der Waals surface area contributed by atoms with E-state index in [-0.39, 0.29) is 0 Å². The summed E-state index contributed by atoms with van der Waals surface area (Å²) in [5.74, 6) is 0.726. The second kappa shape index (κ2) is 4.93. The summed E-state index contributed by atoms with van der Waals surface area (Å²) in [6, 6.07) is 5.65. The van der Waals surface area contributed by atoms with Gasteiger partial charge in [0, 0.05) is 6.04 Å². The molecule has 1 aromatic carbocycles. The summed E-state index contributed by atoms with van der Waals surface area (Å²) in [5, 5.41) is 9.17. The van der Waals surface area contributed by atoms with Crippen LogP contribution < -0.4 is 0 Å². The molecule has 0 bridgehead atoms. The van der Waals surface area contributed by atoms with Gasteiger partial charge in [-0.15, -0.1) is 0 Å². The maximum atomic E-state index is 11.2. The summed E-state index contributed by atoms with van der Waals surface area (Å²) in [6.07, 6.45) is 4.93. The van der Waals surface area contributed by atoms with Crippen molar-refractivity contribution >= 4 is 17.0 Å². The maximum Gasteiger partial charge on any atom is 0.335 e. The smallest absolute Gasteiger partial charge is 0.335 e. The van der Waals surface area contributed by atoms with Crippen LogP contribution in [0.5, 0.6) is 0 Å². The minimum Gasteiger partial charge on any atom is -0.478 e. The van der Waals surface area contributed by atoms with Crippen molar-refractivity contribution < 1.29 is 9.90 Å². The fourth-order valence-electron chi connectivity index (χ4n) is 3.45. The van der Waals surface area contributed by atoms with E-state index in [1.165, 1.54) is 19.3 Å². The monoisotopic (exact) mass is 272 g/mol. The molecule has 2 aromatic rings. The molecule has 1 saturated carbocycles. The van der Waals surface area contributed by atoms with Crippen LogP contribution in [0.4, 0.5) is 0 Å². The van der Waals surface area contributed by atoms with E-state index >= 15 is 0 Å². The number of aryl methyl sites for hydroxylation is 1. The van der Waals surface area contributed by atoms with E-state index in [9.17, 15) is 9.90 Å². The van der Waals surface area contributed by atoms with E-state index in [4.69, 9.17) is 0 Å². The van der Waals surface area contributed by atoms with Crippen LogP contribution >= 0.6 is 0 Å². The third kappa shape index (κ3) is 2.09. The molecular weight excluding hydrogens is 252 g/mol. The largest absolute Gasteiger partial charge is 0.478 e. The molecule has 1 aromatic heterocycles. The van der Waals surface area contributed by atoms with Crippen molar-refractivity contribution in [1.29, 1.82) is 0 Å². The average molecular weight is 272 g/mol. The maximum absolute atomic E-state index is 11.2. The number of benzene rings is 1. The number of carboxylic acid groups (broad SMARTS) is 1. The van der Waals surface area contributed by atoms with Gasteiger partial charge in [-0.2, -0.15) is 0 Å². The van der Waals surface area contributed by atoms with E-state index in [1.807, 2.05) is 13.0 Å².